The van der Waals surface area contributed by atoms with Crippen molar-refractivity contribution in [1.82, 2.24) is 30.0 Å². The van der Waals surface area contributed by atoms with E-state index in [0.717, 1.165) is 107 Å². The molecule has 1 saturated carbocycles. The third-order valence-electron chi connectivity index (χ3n) is 11.9. The highest BCUT2D eigenvalue weighted by molar-refractivity contribution is 6.33. The molecule has 4 fully saturated rings. The first-order chi connectivity index (χ1) is 22.3. The van der Waals surface area contributed by atoms with Crippen LogP contribution < -0.4 is 9.64 Å². The first-order valence-corrected chi connectivity index (χ1v) is 17.6. The maximum atomic E-state index is 17.1. The summed E-state index contributed by atoms with van der Waals surface area (Å²) in [5.74, 6) is 0.177. The van der Waals surface area contributed by atoms with Crippen molar-refractivity contribution in [3.63, 3.8) is 0 Å². The molecule has 11 rings (SSSR count). The lowest BCUT2D eigenvalue weighted by atomic mass is 9.55. The maximum absolute atomic E-state index is 17.1. The zero-order chi connectivity index (χ0) is 31.1. The van der Waals surface area contributed by atoms with Crippen LogP contribution in [0.4, 0.5) is 10.2 Å². The molecule has 9 nitrogen and oxygen atoms in total. The molecular formula is C35H41ClFN7O2. The lowest BCUT2D eigenvalue weighted by Gasteiger charge is -2.57. The van der Waals surface area contributed by atoms with E-state index in [1.54, 1.807) is 12.4 Å². The van der Waals surface area contributed by atoms with Gasteiger partial charge in [-0.15, -0.1) is 0 Å². The number of ether oxygens (including phenoxy) is 1. The lowest BCUT2D eigenvalue weighted by molar-refractivity contribution is -0.138. The van der Waals surface area contributed by atoms with Gasteiger partial charge in [0, 0.05) is 35.3 Å². The number of hydrogen-bond acceptors (Lipinski definition) is 8. The summed E-state index contributed by atoms with van der Waals surface area (Å²) in [6.07, 6.45) is 15.9. The average molecular weight is 646 g/mol. The van der Waals surface area contributed by atoms with Gasteiger partial charge in [0.2, 0.25) is 0 Å². The zero-order valence-corrected chi connectivity index (χ0v) is 27.0. The molecule has 1 aromatic carbocycles. The SMILES string of the molecule is OC12CCCCCc3c(Cl)cc4[nH]ncc4c3-c3ncc4c(nc(OCC56CCCN5CCC6)nc4c3F)N3CCCC(C3)(C1)C2. The Morgan fingerprint density at radius 1 is 0.957 bits per heavy atom. The molecule has 0 atom stereocenters. The van der Waals surface area contributed by atoms with Crippen LogP contribution in [0.1, 0.15) is 82.6 Å². The van der Waals surface area contributed by atoms with Gasteiger partial charge in [0.15, 0.2) is 5.82 Å². The minimum Gasteiger partial charge on any atom is -0.461 e. The number of nitrogens with one attached hydrogen (secondary N) is 1. The van der Waals surface area contributed by atoms with E-state index in [2.05, 4.69) is 20.0 Å². The van der Waals surface area contributed by atoms with E-state index >= 15 is 4.39 Å². The van der Waals surface area contributed by atoms with Gasteiger partial charge in [-0.25, -0.2) is 4.39 Å². The Morgan fingerprint density at radius 2 is 1.78 bits per heavy atom. The molecule has 242 valence electrons. The average Bonchev–Trinajstić information content (AvgIpc) is 3.75. The molecule has 0 radical (unpaired) electrons. The van der Waals surface area contributed by atoms with Crippen molar-refractivity contribution in [3.8, 4) is 17.3 Å². The highest BCUT2D eigenvalue weighted by Crippen LogP contribution is 2.56. The molecular weight excluding hydrogens is 605 g/mol. The molecule has 7 aliphatic rings. The van der Waals surface area contributed by atoms with Crippen molar-refractivity contribution in [1.29, 1.82) is 0 Å². The number of H-pyrrole nitrogens is 1. The molecule has 9 heterocycles. The summed E-state index contributed by atoms with van der Waals surface area (Å²) >= 11 is 6.89. The van der Waals surface area contributed by atoms with Crippen molar-refractivity contribution in [2.24, 2.45) is 5.41 Å². The predicted molar refractivity (Wildman–Crippen MR) is 176 cm³/mol. The van der Waals surface area contributed by atoms with Crippen LogP contribution in [0, 0.1) is 11.2 Å². The van der Waals surface area contributed by atoms with Gasteiger partial charge >= 0.3 is 6.01 Å². The zero-order valence-electron chi connectivity index (χ0n) is 26.3. The van der Waals surface area contributed by atoms with Crippen LogP contribution in [0.5, 0.6) is 6.01 Å². The van der Waals surface area contributed by atoms with Crippen molar-refractivity contribution < 1.29 is 14.2 Å². The monoisotopic (exact) mass is 645 g/mol. The van der Waals surface area contributed by atoms with E-state index in [0.29, 0.717) is 34.8 Å². The summed E-state index contributed by atoms with van der Waals surface area (Å²) in [7, 11) is 0. The number of nitrogens with zero attached hydrogens (tertiary/aromatic N) is 6. The van der Waals surface area contributed by atoms with E-state index in [-0.39, 0.29) is 28.2 Å². The summed E-state index contributed by atoms with van der Waals surface area (Å²) in [6, 6.07) is 2.09. The van der Waals surface area contributed by atoms with Gasteiger partial charge in [0.05, 0.1) is 28.2 Å². The van der Waals surface area contributed by atoms with E-state index < -0.39 is 11.4 Å². The number of aliphatic hydroxyl groups is 1. The number of aromatic nitrogens is 5. The van der Waals surface area contributed by atoms with Crippen LogP contribution >= 0.6 is 11.6 Å². The third-order valence-corrected chi connectivity index (χ3v) is 12.2. The molecule has 0 amide bonds. The number of rotatable bonds is 3. The Bertz CT molecular complexity index is 1830. The number of piperidine rings is 1. The van der Waals surface area contributed by atoms with Gasteiger partial charge < -0.3 is 14.7 Å². The molecule has 11 heteroatoms. The molecule has 0 unspecified atom stereocenters. The van der Waals surface area contributed by atoms with Crippen LogP contribution in [0.15, 0.2) is 18.5 Å². The number of halogens is 2. The van der Waals surface area contributed by atoms with Gasteiger partial charge in [-0.1, -0.05) is 24.4 Å². The van der Waals surface area contributed by atoms with Crippen LogP contribution in [-0.2, 0) is 6.42 Å². The van der Waals surface area contributed by atoms with Crippen molar-refractivity contribution in [2.75, 3.05) is 37.7 Å². The Hall–Kier alpha value is -3.08. The van der Waals surface area contributed by atoms with Gasteiger partial charge in [-0.05, 0) is 101 Å². The van der Waals surface area contributed by atoms with Gasteiger partial charge in [-0.2, -0.15) is 15.1 Å². The summed E-state index contributed by atoms with van der Waals surface area (Å²) in [4.78, 5) is 19.4. The number of anilines is 1. The molecule has 3 aromatic heterocycles. The fraction of sp³-hybridized carbons (Fsp3) is 0.600. The molecule has 1 spiro atoms. The highest BCUT2D eigenvalue weighted by atomic mass is 35.5. The van der Waals surface area contributed by atoms with E-state index in [4.69, 9.17) is 31.3 Å². The molecule has 2 N–H and O–H groups in total. The summed E-state index contributed by atoms with van der Waals surface area (Å²) < 4.78 is 23.6. The number of aromatic amines is 1. The first kappa shape index (κ1) is 29.1. The fourth-order valence-corrected chi connectivity index (χ4v) is 10.2. The first-order valence-electron chi connectivity index (χ1n) is 17.2. The smallest absolute Gasteiger partial charge is 0.319 e. The van der Waals surface area contributed by atoms with Crippen LogP contribution in [0.3, 0.4) is 0 Å². The normalized spacial score (nSPS) is 27.6. The van der Waals surface area contributed by atoms with Crippen molar-refractivity contribution in [2.45, 2.75) is 94.6 Å². The fourth-order valence-electron chi connectivity index (χ4n) is 9.91. The second-order valence-corrected chi connectivity index (χ2v) is 15.3. The predicted octanol–water partition coefficient (Wildman–Crippen LogP) is 6.60. The standard InChI is InChI=1S/C35H41ClFN7O2/c36-25-15-26-23(17-39-42-26)27-22(25)7-2-1-3-11-35(45)18-33(19-35)8-4-12-43(20-33)31-24-16-38-30(27)28(37)29(24)40-32(41-31)46-21-34-9-5-13-44(34)14-6-10-34/h15-17,45H,1-14,18-21H2,(H,39,42). The van der Waals surface area contributed by atoms with Gasteiger partial charge in [0.1, 0.15) is 23.6 Å². The summed E-state index contributed by atoms with van der Waals surface area (Å²) in [5, 5.41) is 20.7. The van der Waals surface area contributed by atoms with Crippen LogP contribution in [0.2, 0.25) is 5.02 Å². The highest BCUT2D eigenvalue weighted by Gasteiger charge is 2.54. The largest absolute Gasteiger partial charge is 0.461 e. The van der Waals surface area contributed by atoms with Gasteiger partial charge in [-0.3, -0.25) is 15.0 Å². The number of hydrogen-bond donors (Lipinski definition) is 2. The molecule has 1 aliphatic carbocycles. The third kappa shape index (κ3) is 4.61. The number of pyridine rings is 1. The Kier molecular flexibility index (Phi) is 6.78. The molecule has 3 saturated heterocycles. The quantitative estimate of drug-likeness (QED) is 0.257. The molecule has 7 bridgehead atoms. The maximum Gasteiger partial charge on any atom is 0.319 e. The molecule has 6 aliphatic heterocycles. The lowest BCUT2D eigenvalue weighted by Crippen LogP contribution is -2.59. The minimum atomic E-state index is -0.618. The molecule has 46 heavy (non-hydrogen) atoms. The van der Waals surface area contributed by atoms with Crippen molar-refractivity contribution >= 4 is 39.2 Å². The molecule has 4 aromatic rings. The van der Waals surface area contributed by atoms with E-state index in [1.165, 1.54) is 12.8 Å². The van der Waals surface area contributed by atoms with Crippen LogP contribution in [0.25, 0.3) is 33.1 Å². The Balaban J connectivity index is 1.21. The van der Waals surface area contributed by atoms with E-state index in [9.17, 15) is 5.11 Å². The van der Waals surface area contributed by atoms with Crippen molar-refractivity contribution in [3.05, 3.63) is 34.9 Å². The second-order valence-electron chi connectivity index (χ2n) is 14.9. The summed E-state index contributed by atoms with van der Waals surface area (Å²) in [6.45, 7) is 4.28. The number of fused-ring (bicyclic) bond motifs is 2. The topological polar surface area (TPSA) is 103 Å². The minimum absolute atomic E-state index is 0.0147. The van der Waals surface area contributed by atoms with E-state index in [1.807, 2.05) is 6.07 Å². The van der Waals surface area contributed by atoms with Crippen LogP contribution in [-0.4, -0.2) is 79.1 Å². The number of benzene rings is 1. The second kappa shape index (κ2) is 10.7. The van der Waals surface area contributed by atoms with Gasteiger partial charge in [0.25, 0.3) is 0 Å². The Morgan fingerprint density at radius 3 is 2.63 bits per heavy atom. The Labute approximate surface area is 272 Å². The summed E-state index contributed by atoms with van der Waals surface area (Å²) in [5.41, 5.74) is 2.13.